The summed E-state index contributed by atoms with van der Waals surface area (Å²) in [4.78, 5) is 0. The molecule has 0 radical (unpaired) electrons. The van der Waals surface area contributed by atoms with Crippen molar-refractivity contribution in [1.82, 2.24) is 5.32 Å². The Morgan fingerprint density at radius 2 is 1.68 bits per heavy atom. The van der Waals surface area contributed by atoms with Gasteiger partial charge in [-0.05, 0) is 42.7 Å². The average Bonchev–Trinajstić information content (AvgIpc) is 3.26. The molecule has 0 saturated heterocycles. The molecule has 116 valence electrons. The molecule has 1 aliphatic carbocycles. The van der Waals surface area contributed by atoms with E-state index in [1.54, 1.807) is 12.1 Å². The SMILES string of the molecule is OC(CNC1(c2cccc(F)c2)CC1)c1c(F)cccc1F. The predicted molar refractivity (Wildman–Crippen MR) is 76.6 cm³/mol. The highest BCUT2D eigenvalue weighted by atomic mass is 19.1. The van der Waals surface area contributed by atoms with Crippen molar-refractivity contribution < 1.29 is 18.3 Å². The van der Waals surface area contributed by atoms with Gasteiger partial charge in [-0.25, -0.2) is 13.2 Å². The quantitative estimate of drug-likeness (QED) is 0.887. The van der Waals surface area contributed by atoms with Crippen molar-refractivity contribution in [3.8, 4) is 0 Å². The number of benzene rings is 2. The molecule has 0 heterocycles. The summed E-state index contributed by atoms with van der Waals surface area (Å²) in [5, 5.41) is 13.2. The molecule has 0 spiro atoms. The van der Waals surface area contributed by atoms with Gasteiger partial charge in [-0.2, -0.15) is 0 Å². The van der Waals surface area contributed by atoms with E-state index in [9.17, 15) is 18.3 Å². The highest BCUT2D eigenvalue weighted by Crippen LogP contribution is 2.45. The highest BCUT2D eigenvalue weighted by Gasteiger charge is 2.44. The van der Waals surface area contributed by atoms with Crippen molar-refractivity contribution in [1.29, 1.82) is 0 Å². The van der Waals surface area contributed by atoms with E-state index in [4.69, 9.17) is 0 Å². The first-order valence-electron chi connectivity index (χ1n) is 7.15. The maximum Gasteiger partial charge on any atom is 0.131 e. The van der Waals surface area contributed by atoms with Gasteiger partial charge in [0.15, 0.2) is 0 Å². The molecule has 0 bridgehead atoms. The second kappa shape index (κ2) is 5.74. The summed E-state index contributed by atoms with van der Waals surface area (Å²) in [6, 6.07) is 9.71. The molecule has 1 aliphatic rings. The molecule has 0 aromatic heterocycles. The van der Waals surface area contributed by atoms with Crippen LogP contribution in [0.5, 0.6) is 0 Å². The van der Waals surface area contributed by atoms with Crippen molar-refractivity contribution in [2.45, 2.75) is 24.5 Å². The molecular formula is C17H16F3NO. The highest BCUT2D eigenvalue weighted by molar-refractivity contribution is 5.31. The maximum atomic E-state index is 13.6. The first kappa shape index (κ1) is 15.1. The lowest BCUT2D eigenvalue weighted by Gasteiger charge is -2.21. The van der Waals surface area contributed by atoms with Crippen LogP contribution in [0.4, 0.5) is 13.2 Å². The lowest BCUT2D eigenvalue weighted by Crippen LogP contribution is -2.33. The molecule has 1 saturated carbocycles. The van der Waals surface area contributed by atoms with Gasteiger partial charge >= 0.3 is 0 Å². The fraction of sp³-hybridized carbons (Fsp3) is 0.294. The third kappa shape index (κ3) is 2.87. The monoisotopic (exact) mass is 307 g/mol. The van der Waals surface area contributed by atoms with E-state index < -0.39 is 23.3 Å². The normalized spacial score (nSPS) is 17.3. The molecule has 1 unspecified atom stereocenters. The largest absolute Gasteiger partial charge is 0.387 e. The number of aliphatic hydroxyl groups excluding tert-OH is 1. The van der Waals surface area contributed by atoms with Crippen molar-refractivity contribution >= 4 is 0 Å². The Kier molecular flexibility index (Phi) is 3.93. The van der Waals surface area contributed by atoms with Crippen LogP contribution in [0.25, 0.3) is 0 Å². The summed E-state index contributed by atoms with van der Waals surface area (Å²) >= 11 is 0. The van der Waals surface area contributed by atoms with Crippen LogP contribution in [0.1, 0.15) is 30.1 Å². The van der Waals surface area contributed by atoms with Gasteiger partial charge in [-0.1, -0.05) is 18.2 Å². The Morgan fingerprint density at radius 3 is 2.27 bits per heavy atom. The summed E-state index contributed by atoms with van der Waals surface area (Å²) in [5.41, 5.74) is 0.0314. The smallest absolute Gasteiger partial charge is 0.131 e. The van der Waals surface area contributed by atoms with E-state index >= 15 is 0 Å². The van der Waals surface area contributed by atoms with E-state index in [0.717, 1.165) is 30.5 Å². The molecule has 3 rings (SSSR count). The van der Waals surface area contributed by atoms with Gasteiger partial charge < -0.3 is 10.4 Å². The number of nitrogens with one attached hydrogen (secondary N) is 1. The second-order valence-corrected chi connectivity index (χ2v) is 5.62. The van der Waals surface area contributed by atoms with Crippen LogP contribution in [0, 0.1) is 17.5 Å². The Bertz CT molecular complexity index is 665. The van der Waals surface area contributed by atoms with Gasteiger partial charge in [0.05, 0.1) is 11.7 Å². The van der Waals surface area contributed by atoms with E-state index in [0.29, 0.717) is 0 Å². The minimum atomic E-state index is -1.30. The molecule has 0 aliphatic heterocycles. The summed E-state index contributed by atoms with van der Waals surface area (Å²) in [7, 11) is 0. The van der Waals surface area contributed by atoms with Gasteiger partial charge in [-0.15, -0.1) is 0 Å². The molecule has 1 fully saturated rings. The minimum Gasteiger partial charge on any atom is -0.387 e. The van der Waals surface area contributed by atoms with Gasteiger partial charge in [0, 0.05) is 12.1 Å². The molecule has 22 heavy (non-hydrogen) atoms. The summed E-state index contributed by atoms with van der Waals surface area (Å²) in [6.07, 6.45) is 0.290. The van der Waals surface area contributed by atoms with Crippen LogP contribution in [0.3, 0.4) is 0 Å². The number of rotatable bonds is 5. The standard InChI is InChI=1S/C17H16F3NO/c18-12-4-1-3-11(9-12)17(7-8-17)21-10-15(22)16-13(19)5-2-6-14(16)20/h1-6,9,15,21-22H,7-8,10H2. The number of hydrogen-bond acceptors (Lipinski definition) is 2. The fourth-order valence-electron chi connectivity index (χ4n) is 2.70. The average molecular weight is 307 g/mol. The molecule has 1 atom stereocenters. The number of aliphatic hydroxyl groups is 1. The van der Waals surface area contributed by atoms with Gasteiger partial charge in [0.2, 0.25) is 0 Å². The van der Waals surface area contributed by atoms with E-state index in [-0.39, 0.29) is 17.9 Å². The zero-order chi connectivity index (χ0) is 15.7. The Morgan fingerprint density at radius 1 is 1.05 bits per heavy atom. The third-order valence-corrected chi connectivity index (χ3v) is 4.09. The Balaban J connectivity index is 1.72. The van der Waals surface area contributed by atoms with Crippen LogP contribution in [0.2, 0.25) is 0 Å². The summed E-state index contributed by atoms with van der Waals surface area (Å²) in [5.74, 6) is -1.87. The number of hydrogen-bond donors (Lipinski definition) is 2. The van der Waals surface area contributed by atoms with E-state index in [1.807, 2.05) is 0 Å². The van der Waals surface area contributed by atoms with Gasteiger partial charge in [-0.3, -0.25) is 0 Å². The zero-order valence-corrected chi connectivity index (χ0v) is 11.8. The zero-order valence-electron chi connectivity index (χ0n) is 11.8. The van der Waals surface area contributed by atoms with Crippen LogP contribution >= 0.6 is 0 Å². The van der Waals surface area contributed by atoms with Crippen molar-refractivity contribution in [3.05, 3.63) is 71.0 Å². The molecule has 2 aromatic rings. The Labute approximate surface area is 126 Å². The molecule has 2 nitrogen and oxygen atoms in total. The third-order valence-electron chi connectivity index (χ3n) is 4.09. The first-order chi connectivity index (χ1) is 10.5. The van der Waals surface area contributed by atoms with Gasteiger partial charge in [0.1, 0.15) is 17.5 Å². The Hall–Kier alpha value is -1.85. The summed E-state index contributed by atoms with van der Waals surface area (Å²) < 4.78 is 40.6. The van der Waals surface area contributed by atoms with Crippen molar-refractivity contribution in [3.63, 3.8) is 0 Å². The minimum absolute atomic E-state index is 0.00559. The van der Waals surface area contributed by atoms with Crippen LogP contribution in [-0.4, -0.2) is 11.7 Å². The number of halogens is 3. The topological polar surface area (TPSA) is 32.3 Å². The molecule has 2 N–H and O–H groups in total. The maximum absolute atomic E-state index is 13.6. The first-order valence-corrected chi connectivity index (χ1v) is 7.15. The van der Waals surface area contributed by atoms with Crippen molar-refractivity contribution in [2.75, 3.05) is 6.54 Å². The molecule has 0 amide bonds. The lowest BCUT2D eigenvalue weighted by molar-refractivity contribution is 0.158. The molecule has 2 aromatic carbocycles. The predicted octanol–water partition coefficient (Wildman–Crippen LogP) is 3.42. The van der Waals surface area contributed by atoms with Crippen molar-refractivity contribution in [2.24, 2.45) is 0 Å². The van der Waals surface area contributed by atoms with Crippen LogP contribution < -0.4 is 5.32 Å². The second-order valence-electron chi connectivity index (χ2n) is 5.62. The van der Waals surface area contributed by atoms with Crippen LogP contribution in [0.15, 0.2) is 42.5 Å². The van der Waals surface area contributed by atoms with Crippen LogP contribution in [-0.2, 0) is 5.54 Å². The van der Waals surface area contributed by atoms with Gasteiger partial charge in [0.25, 0.3) is 0 Å². The molecule has 5 heteroatoms. The molecular weight excluding hydrogens is 291 g/mol. The van der Waals surface area contributed by atoms with E-state index in [1.165, 1.54) is 18.2 Å². The van der Waals surface area contributed by atoms with E-state index in [2.05, 4.69) is 5.32 Å². The lowest BCUT2D eigenvalue weighted by atomic mass is 10.0. The fourth-order valence-corrected chi connectivity index (χ4v) is 2.70. The summed E-state index contributed by atoms with van der Waals surface area (Å²) in [6.45, 7) is -0.00559.